The molecule has 0 saturated carbocycles. The first-order valence-electron chi connectivity index (χ1n) is 10.3. The van der Waals surface area contributed by atoms with Gasteiger partial charge < -0.3 is 14.8 Å². The van der Waals surface area contributed by atoms with Gasteiger partial charge in [-0.05, 0) is 54.1 Å². The van der Waals surface area contributed by atoms with Crippen molar-refractivity contribution in [2.75, 3.05) is 24.0 Å². The van der Waals surface area contributed by atoms with Crippen LogP contribution in [0.2, 0.25) is 5.02 Å². The maximum Gasteiger partial charge on any atom is 0.282 e. The Morgan fingerprint density at radius 2 is 1.89 bits per heavy atom. The molecular formula is C25H19ClFN3O5. The van der Waals surface area contributed by atoms with Crippen molar-refractivity contribution in [1.29, 1.82) is 0 Å². The minimum absolute atomic E-state index is 0.0879. The number of hydrazine groups is 1. The van der Waals surface area contributed by atoms with Gasteiger partial charge in [0.05, 0.1) is 17.8 Å². The Bertz CT molecular complexity index is 1330. The fourth-order valence-electron chi connectivity index (χ4n) is 3.35. The molecule has 4 rings (SSSR count). The molecule has 0 spiro atoms. The molecule has 1 saturated heterocycles. The molecule has 1 fully saturated rings. The smallest absolute Gasteiger partial charge is 0.282 e. The average Bonchev–Trinajstić information content (AvgIpc) is 3.12. The van der Waals surface area contributed by atoms with E-state index >= 15 is 0 Å². The van der Waals surface area contributed by atoms with Crippen molar-refractivity contribution in [1.82, 2.24) is 5.43 Å². The number of para-hydroxylation sites is 1. The van der Waals surface area contributed by atoms with Gasteiger partial charge in [-0.1, -0.05) is 35.9 Å². The van der Waals surface area contributed by atoms with Crippen LogP contribution in [-0.4, -0.2) is 31.4 Å². The van der Waals surface area contributed by atoms with Gasteiger partial charge >= 0.3 is 0 Å². The Hall–Kier alpha value is -4.37. The van der Waals surface area contributed by atoms with Crippen LogP contribution in [0.3, 0.4) is 0 Å². The molecule has 8 nitrogen and oxygen atoms in total. The highest BCUT2D eigenvalue weighted by atomic mass is 35.5. The molecule has 1 aliphatic rings. The van der Waals surface area contributed by atoms with E-state index in [4.69, 9.17) is 21.1 Å². The van der Waals surface area contributed by atoms with E-state index in [1.807, 2.05) is 0 Å². The first-order valence-corrected chi connectivity index (χ1v) is 10.7. The number of methoxy groups -OCH3 is 1. The average molecular weight is 496 g/mol. The normalized spacial score (nSPS) is 14.1. The Labute approximate surface area is 204 Å². The summed E-state index contributed by atoms with van der Waals surface area (Å²) in [4.78, 5) is 37.4. The quantitative estimate of drug-likeness (QED) is 0.382. The van der Waals surface area contributed by atoms with E-state index in [1.165, 1.54) is 49.6 Å². The van der Waals surface area contributed by atoms with E-state index in [2.05, 4.69) is 10.7 Å². The number of nitrogens with one attached hydrogen (secondary N) is 2. The van der Waals surface area contributed by atoms with Crippen molar-refractivity contribution in [3.8, 4) is 11.5 Å². The summed E-state index contributed by atoms with van der Waals surface area (Å²) in [5.41, 5.74) is 3.65. The molecule has 0 bridgehead atoms. The van der Waals surface area contributed by atoms with Gasteiger partial charge in [0.15, 0.2) is 18.1 Å². The zero-order valence-electron chi connectivity index (χ0n) is 18.4. The number of carbonyl (C=O) groups excluding carboxylic acids is 3. The van der Waals surface area contributed by atoms with Gasteiger partial charge in [-0.2, -0.15) is 0 Å². The molecular weight excluding hydrogens is 477 g/mol. The zero-order chi connectivity index (χ0) is 24.9. The number of rotatable bonds is 7. The van der Waals surface area contributed by atoms with Crippen LogP contribution in [-0.2, 0) is 14.4 Å². The van der Waals surface area contributed by atoms with Crippen LogP contribution in [0, 0.1) is 5.82 Å². The maximum atomic E-state index is 13.3. The van der Waals surface area contributed by atoms with E-state index in [1.54, 1.807) is 30.3 Å². The Morgan fingerprint density at radius 1 is 1.11 bits per heavy atom. The molecule has 2 N–H and O–H groups in total. The SMILES string of the molecule is COc1cc(C=C2C(=O)NN(c3ccccc3)C2=O)cc(Cl)c1OCC(=O)Nc1cccc(F)c1. The van der Waals surface area contributed by atoms with E-state index in [9.17, 15) is 18.8 Å². The van der Waals surface area contributed by atoms with Crippen molar-refractivity contribution in [3.05, 3.63) is 88.7 Å². The number of ether oxygens (including phenoxy) is 2. The predicted molar refractivity (Wildman–Crippen MR) is 129 cm³/mol. The van der Waals surface area contributed by atoms with Crippen molar-refractivity contribution in [3.63, 3.8) is 0 Å². The second-order valence-corrected chi connectivity index (χ2v) is 7.76. The van der Waals surface area contributed by atoms with E-state index in [0.29, 0.717) is 11.3 Å². The van der Waals surface area contributed by atoms with Gasteiger partial charge in [-0.25, -0.2) is 9.40 Å². The largest absolute Gasteiger partial charge is 0.493 e. The minimum atomic E-state index is -0.566. The van der Waals surface area contributed by atoms with Crippen LogP contribution in [0.4, 0.5) is 15.8 Å². The third-order valence-electron chi connectivity index (χ3n) is 4.92. The summed E-state index contributed by atoms with van der Waals surface area (Å²) in [6.07, 6.45) is 1.38. The molecule has 3 aromatic rings. The van der Waals surface area contributed by atoms with Crippen molar-refractivity contribution >= 4 is 46.8 Å². The standard InChI is InChI=1S/C25H19ClFN3O5/c1-34-21-12-15(10-19-24(32)29-30(25(19)33)18-8-3-2-4-9-18)11-20(26)23(21)35-14-22(31)28-17-7-5-6-16(27)13-17/h2-13H,14H2,1H3,(H,28,31)(H,29,32). The Kier molecular flexibility index (Phi) is 6.98. The lowest BCUT2D eigenvalue weighted by atomic mass is 10.1. The highest BCUT2D eigenvalue weighted by Crippen LogP contribution is 2.37. The lowest BCUT2D eigenvalue weighted by Gasteiger charge is -2.14. The Morgan fingerprint density at radius 3 is 2.60 bits per heavy atom. The van der Waals surface area contributed by atoms with E-state index < -0.39 is 30.1 Å². The lowest BCUT2D eigenvalue weighted by molar-refractivity contribution is -0.118. The molecule has 0 unspecified atom stereocenters. The van der Waals surface area contributed by atoms with Crippen LogP contribution in [0.15, 0.2) is 72.3 Å². The molecule has 3 aromatic carbocycles. The number of benzene rings is 3. The first kappa shape index (κ1) is 23.8. The summed E-state index contributed by atoms with van der Waals surface area (Å²) in [7, 11) is 1.38. The van der Waals surface area contributed by atoms with Gasteiger partial charge in [0.2, 0.25) is 0 Å². The number of halogens is 2. The number of hydrogen-bond acceptors (Lipinski definition) is 5. The zero-order valence-corrected chi connectivity index (χ0v) is 19.1. The number of amides is 3. The molecule has 0 aliphatic carbocycles. The summed E-state index contributed by atoms with van der Waals surface area (Å²) < 4.78 is 24.1. The summed E-state index contributed by atoms with van der Waals surface area (Å²) in [5.74, 6) is -1.82. The maximum absolute atomic E-state index is 13.3. The van der Waals surface area contributed by atoms with Crippen molar-refractivity contribution in [2.24, 2.45) is 0 Å². The van der Waals surface area contributed by atoms with Gasteiger partial charge in [-0.3, -0.25) is 19.8 Å². The minimum Gasteiger partial charge on any atom is -0.493 e. The topological polar surface area (TPSA) is 97.0 Å². The Balaban J connectivity index is 1.50. The highest BCUT2D eigenvalue weighted by molar-refractivity contribution is 6.33. The number of anilines is 2. The first-order chi connectivity index (χ1) is 16.9. The van der Waals surface area contributed by atoms with Gasteiger partial charge in [0.25, 0.3) is 17.7 Å². The highest BCUT2D eigenvalue weighted by Gasteiger charge is 2.34. The molecule has 0 aromatic heterocycles. The number of hydrogen-bond donors (Lipinski definition) is 2. The fourth-order valence-corrected chi connectivity index (χ4v) is 3.62. The van der Waals surface area contributed by atoms with Gasteiger partial charge in [0, 0.05) is 5.69 Å². The van der Waals surface area contributed by atoms with E-state index in [-0.39, 0.29) is 27.8 Å². The summed E-state index contributed by atoms with van der Waals surface area (Å²) >= 11 is 6.35. The molecule has 1 aliphatic heterocycles. The van der Waals surface area contributed by atoms with Crippen LogP contribution >= 0.6 is 11.6 Å². The second-order valence-electron chi connectivity index (χ2n) is 7.36. The third kappa shape index (κ3) is 5.42. The second kappa shape index (κ2) is 10.3. The van der Waals surface area contributed by atoms with Crippen molar-refractivity contribution < 1.29 is 28.2 Å². The summed E-state index contributed by atoms with van der Waals surface area (Å²) in [5, 5.41) is 3.77. The van der Waals surface area contributed by atoms with Crippen LogP contribution in [0.5, 0.6) is 11.5 Å². The van der Waals surface area contributed by atoms with Crippen molar-refractivity contribution in [2.45, 2.75) is 0 Å². The molecule has 3 amide bonds. The summed E-state index contributed by atoms with van der Waals surface area (Å²) in [6, 6.07) is 17.1. The fraction of sp³-hybridized carbons (Fsp3) is 0.0800. The molecule has 10 heteroatoms. The monoisotopic (exact) mass is 495 g/mol. The van der Waals surface area contributed by atoms with Crippen LogP contribution in [0.1, 0.15) is 5.56 Å². The molecule has 0 atom stereocenters. The molecule has 178 valence electrons. The third-order valence-corrected chi connectivity index (χ3v) is 5.21. The lowest BCUT2D eigenvalue weighted by Crippen LogP contribution is -2.35. The number of carbonyl (C=O) groups is 3. The van der Waals surface area contributed by atoms with Crippen LogP contribution < -0.4 is 25.2 Å². The van der Waals surface area contributed by atoms with Gasteiger partial charge in [-0.15, -0.1) is 0 Å². The molecule has 1 heterocycles. The molecule has 35 heavy (non-hydrogen) atoms. The molecule has 0 radical (unpaired) electrons. The van der Waals surface area contributed by atoms with E-state index in [0.717, 1.165) is 5.01 Å². The van der Waals surface area contributed by atoms with Crippen LogP contribution in [0.25, 0.3) is 6.08 Å². The summed E-state index contributed by atoms with van der Waals surface area (Å²) in [6.45, 7) is -0.417. The number of nitrogens with zero attached hydrogens (tertiary/aromatic N) is 1. The van der Waals surface area contributed by atoms with Gasteiger partial charge in [0.1, 0.15) is 11.4 Å². The predicted octanol–water partition coefficient (Wildman–Crippen LogP) is 3.97.